The Bertz CT molecular complexity index is 470. The van der Waals surface area contributed by atoms with Crippen LogP contribution in [0.2, 0.25) is 0 Å². The molecule has 0 fully saturated rings. The van der Waals surface area contributed by atoms with E-state index in [1.54, 1.807) is 30.2 Å². The fourth-order valence-corrected chi connectivity index (χ4v) is 2.28. The van der Waals surface area contributed by atoms with Crippen molar-refractivity contribution in [3.8, 4) is 0 Å². The molecular formula is C13H11NOS. The Morgan fingerprint density at radius 2 is 2.00 bits per heavy atom. The molecule has 1 aromatic heterocycles. The van der Waals surface area contributed by atoms with Crippen molar-refractivity contribution in [3.63, 3.8) is 0 Å². The van der Waals surface area contributed by atoms with Gasteiger partial charge in [-0.05, 0) is 11.6 Å². The van der Waals surface area contributed by atoms with Crippen molar-refractivity contribution in [2.75, 3.05) is 0 Å². The zero-order valence-corrected chi connectivity index (χ0v) is 9.48. The Hall–Kier alpha value is -1.61. The highest BCUT2D eigenvalue weighted by molar-refractivity contribution is 7.98. The van der Waals surface area contributed by atoms with Crippen LogP contribution >= 0.6 is 11.8 Å². The number of carbonyl (C=O) groups is 1. The van der Waals surface area contributed by atoms with Gasteiger partial charge in [-0.1, -0.05) is 30.3 Å². The zero-order chi connectivity index (χ0) is 11.2. The number of carbonyl (C=O) groups excluding carboxylic acids is 1. The first-order chi connectivity index (χ1) is 7.90. The molecular weight excluding hydrogens is 218 g/mol. The van der Waals surface area contributed by atoms with Gasteiger partial charge in [0.1, 0.15) is 0 Å². The highest BCUT2D eigenvalue weighted by Gasteiger charge is 2.01. The minimum atomic E-state index is 0.705. The van der Waals surface area contributed by atoms with E-state index in [1.165, 1.54) is 5.56 Å². The Morgan fingerprint density at radius 3 is 2.75 bits per heavy atom. The Kier molecular flexibility index (Phi) is 3.72. The molecule has 0 unspecified atom stereocenters. The summed E-state index contributed by atoms with van der Waals surface area (Å²) in [5.41, 5.74) is 1.95. The molecule has 3 heteroatoms. The average Bonchev–Trinajstić information content (AvgIpc) is 2.38. The van der Waals surface area contributed by atoms with Crippen LogP contribution in [0.25, 0.3) is 0 Å². The minimum absolute atomic E-state index is 0.705. The molecule has 0 saturated heterocycles. The molecule has 0 amide bonds. The first-order valence-electron chi connectivity index (χ1n) is 4.96. The summed E-state index contributed by atoms with van der Waals surface area (Å²) in [7, 11) is 0. The van der Waals surface area contributed by atoms with Gasteiger partial charge in [0.2, 0.25) is 0 Å². The summed E-state index contributed by atoms with van der Waals surface area (Å²) >= 11 is 1.63. The van der Waals surface area contributed by atoms with Gasteiger partial charge in [-0.2, -0.15) is 0 Å². The van der Waals surface area contributed by atoms with Crippen LogP contribution in [0.3, 0.4) is 0 Å². The molecule has 0 N–H and O–H groups in total. The number of rotatable bonds is 4. The molecule has 80 valence electrons. The number of aldehydes is 1. The second-order valence-corrected chi connectivity index (χ2v) is 4.32. The summed E-state index contributed by atoms with van der Waals surface area (Å²) in [6, 6.07) is 11.9. The molecule has 1 aromatic carbocycles. The number of benzene rings is 1. The van der Waals surface area contributed by atoms with Crippen molar-refractivity contribution < 1.29 is 4.79 Å². The van der Waals surface area contributed by atoms with Crippen molar-refractivity contribution in [1.29, 1.82) is 0 Å². The summed E-state index contributed by atoms with van der Waals surface area (Å²) in [5.74, 6) is 0.855. The first-order valence-corrected chi connectivity index (χ1v) is 5.94. The molecule has 2 aromatic rings. The van der Waals surface area contributed by atoms with Crippen LogP contribution in [0.5, 0.6) is 0 Å². The lowest BCUT2D eigenvalue weighted by Gasteiger charge is -2.03. The third-order valence-electron chi connectivity index (χ3n) is 2.18. The molecule has 0 radical (unpaired) electrons. The van der Waals surface area contributed by atoms with Crippen molar-refractivity contribution >= 4 is 18.0 Å². The third-order valence-corrected chi connectivity index (χ3v) is 3.31. The maximum Gasteiger partial charge on any atom is 0.151 e. The Morgan fingerprint density at radius 1 is 1.19 bits per heavy atom. The molecule has 0 aliphatic heterocycles. The van der Waals surface area contributed by atoms with Crippen LogP contribution in [0, 0.1) is 0 Å². The van der Waals surface area contributed by atoms with Crippen molar-refractivity contribution in [1.82, 2.24) is 4.98 Å². The van der Waals surface area contributed by atoms with E-state index in [-0.39, 0.29) is 0 Å². The molecule has 0 spiro atoms. The number of thioether (sulfide) groups is 1. The van der Waals surface area contributed by atoms with Gasteiger partial charge in [-0.3, -0.25) is 9.78 Å². The molecule has 0 aliphatic rings. The van der Waals surface area contributed by atoms with E-state index in [9.17, 15) is 4.79 Å². The number of nitrogens with zero attached hydrogens (tertiary/aromatic N) is 1. The maximum absolute atomic E-state index is 10.8. The summed E-state index contributed by atoms with van der Waals surface area (Å²) < 4.78 is 0. The largest absolute Gasteiger partial charge is 0.298 e. The van der Waals surface area contributed by atoms with Gasteiger partial charge in [0, 0.05) is 28.6 Å². The predicted molar refractivity (Wildman–Crippen MR) is 65.6 cm³/mol. The van der Waals surface area contributed by atoms with E-state index in [0.717, 1.165) is 16.9 Å². The molecule has 0 atom stereocenters. The topological polar surface area (TPSA) is 30.0 Å². The minimum Gasteiger partial charge on any atom is -0.298 e. The summed E-state index contributed by atoms with van der Waals surface area (Å²) in [5, 5.41) is 0. The standard InChI is InChI=1S/C13H11NOS/c15-9-12-6-7-14-8-13(12)16-10-11-4-2-1-3-5-11/h1-9H,10H2. The van der Waals surface area contributed by atoms with Gasteiger partial charge in [0.15, 0.2) is 6.29 Å². The second-order valence-electron chi connectivity index (χ2n) is 3.31. The summed E-state index contributed by atoms with van der Waals surface area (Å²) in [6.45, 7) is 0. The van der Waals surface area contributed by atoms with E-state index in [2.05, 4.69) is 17.1 Å². The maximum atomic E-state index is 10.8. The van der Waals surface area contributed by atoms with E-state index >= 15 is 0 Å². The van der Waals surface area contributed by atoms with E-state index in [0.29, 0.717) is 5.56 Å². The smallest absolute Gasteiger partial charge is 0.151 e. The number of hydrogen-bond acceptors (Lipinski definition) is 3. The Balaban J connectivity index is 2.08. The quantitative estimate of drug-likeness (QED) is 0.595. The Labute approximate surface area is 98.7 Å². The number of pyridine rings is 1. The summed E-state index contributed by atoms with van der Waals surface area (Å²) in [4.78, 5) is 15.8. The highest BCUT2D eigenvalue weighted by atomic mass is 32.2. The molecule has 0 saturated carbocycles. The molecule has 0 aliphatic carbocycles. The van der Waals surface area contributed by atoms with Crippen molar-refractivity contribution in [2.24, 2.45) is 0 Å². The monoisotopic (exact) mass is 229 g/mol. The lowest BCUT2D eigenvalue weighted by atomic mass is 10.2. The van der Waals surface area contributed by atoms with E-state index in [1.807, 2.05) is 18.2 Å². The van der Waals surface area contributed by atoms with E-state index in [4.69, 9.17) is 0 Å². The lowest BCUT2D eigenvalue weighted by molar-refractivity contribution is 0.112. The predicted octanol–water partition coefficient (Wildman–Crippen LogP) is 3.19. The van der Waals surface area contributed by atoms with Gasteiger partial charge in [-0.15, -0.1) is 11.8 Å². The molecule has 16 heavy (non-hydrogen) atoms. The number of aromatic nitrogens is 1. The SMILES string of the molecule is O=Cc1ccncc1SCc1ccccc1. The van der Waals surface area contributed by atoms with Crippen LogP contribution < -0.4 is 0 Å². The zero-order valence-electron chi connectivity index (χ0n) is 8.67. The van der Waals surface area contributed by atoms with Crippen LogP contribution in [0.15, 0.2) is 53.7 Å². The average molecular weight is 229 g/mol. The van der Waals surface area contributed by atoms with Crippen LogP contribution in [0.1, 0.15) is 15.9 Å². The highest BCUT2D eigenvalue weighted by Crippen LogP contribution is 2.24. The fraction of sp³-hybridized carbons (Fsp3) is 0.0769. The van der Waals surface area contributed by atoms with Crippen LogP contribution in [0.4, 0.5) is 0 Å². The fourth-order valence-electron chi connectivity index (χ4n) is 1.34. The van der Waals surface area contributed by atoms with E-state index < -0.39 is 0 Å². The van der Waals surface area contributed by atoms with Gasteiger partial charge in [0.25, 0.3) is 0 Å². The third kappa shape index (κ3) is 2.70. The van der Waals surface area contributed by atoms with Gasteiger partial charge < -0.3 is 0 Å². The first kappa shape index (κ1) is 10.9. The molecule has 2 rings (SSSR count). The van der Waals surface area contributed by atoms with Crippen LogP contribution in [-0.4, -0.2) is 11.3 Å². The normalized spacial score (nSPS) is 10.0. The van der Waals surface area contributed by atoms with Crippen molar-refractivity contribution in [2.45, 2.75) is 10.6 Å². The molecule has 1 heterocycles. The number of hydrogen-bond donors (Lipinski definition) is 0. The van der Waals surface area contributed by atoms with Crippen molar-refractivity contribution in [3.05, 3.63) is 59.9 Å². The lowest BCUT2D eigenvalue weighted by Crippen LogP contribution is -1.87. The summed E-state index contributed by atoms with van der Waals surface area (Å²) in [6.07, 6.45) is 4.24. The van der Waals surface area contributed by atoms with Gasteiger partial charge >= 0.3 is 0 Å². The van der Waals surface area contributed by atoms with Gasteiger partial charge in [-0.25, -0.2) is 0 Å². The molecule has 0 bridgehead atoms. The van der Waals surface area contributed by atoms with Crippen LogP contribution in [-0.2, 0) is 5.75 Å². The second kappa shape index (κ2) is 5.47. The molecule has 2 nitrogen and oxygen atoms in total. The van der Waals surface area contributed by atoms with Gasteiger partial charge in [0.05, 0.1) is 0 Å².